The van der Waals surface area contributed by atoms with Gasteiger partial charge in [0, 0.05) is 11.6 Å². The summed E-state index contributed by atoms with van der Waals surface area (Å²) in [6.45, 7) is 11.2. The van der Waals surface area contributed by atoms with Crippen LogP contribution in [0, 0.1) is 0 Å². The monoisotopic (exact) mass is 382 g/mol. The van der Waals surface area contributed by atoms with Crippen LogP contribution in [-0.4, -0.2) is 25.7 Å². The molecule has 0 aromatic carbocycles. The Morgan fingerprint density at radius 3 is 1.52 bits per heavy atom. The number of unbranched alkanes of at least 4 members (excludes halogenated alkanes) is 12. The summed E-state index contributed by atoms with van der Waals surface area (Å²) >= 11 is 0. The Morgan fingerprint density at radius 2 is 1.22 bits per heavy atom. The predicted molar refractivity (Wildman–Crippen MR) is 114 cm³/mol. The highest BCUT2D eigenvalue weighted by atomic mass is 16.5. The molecule has 0 aliphatic carbocycles. The van der Waals surface area contributed by atoms with E-state index in [0.717, 1.165) is 12.5 Å². The molecule has 0 unspecified atom stereocenters. The molecule has 4 nitrogen and oxygen atoms in total. The summed E-state index contributed by atoms with van der Waals surface area (Å²) in [5.41, 5.74) is 0.490. The van der Waals surface area contributed by atoms with Crippen molar-refractivity contribution in [3.63, 3.8) is 0 Å². The van der Waals surface area contributed by atoms with Gasteiger partial charge in [0.15, 0.2) is 0 Å². The van der Waals surface area contributed by atoms with Crippen molar-refractivity contribution in [2.45, 2.75) is 97.3 Å². The summed E-state index contributed by atoms with van der Waals surface area (Å²) in [5.74, 6) is -0.649. The summed E-state index contributed by atoms with van der Waals surface area (Å²) in [6, 6.07) is 0. The topological polar surface area (TPSA) is 52.6 Å². The second-order valence-electron chi connectivity index (χ2n) is 6.89. The molecule has 0 aromatic heterocycles. The molecule has 158 valence electrons. The average molecular weight is 383 g/mol. The van der Waals surface area contributed by atoms with Crippen LogP contribution in [-0.2, 0) is 19.1 Å². The molecule has 27 heavy (non-hydrogen) atoms. The molecule has 0 aromatic rings. The first kappa shape index (κ1) is 27.6. The minimum Gasteiger partial charge on any atom is -0.466 e. The van der Waals surface area contributed by atoms with Crippen LogP contribution in [0.3, 0.4) is 0 Å². The van der Waals surface area contributed by atoms with Gasteiger partial charge in [0.1, 0.15) is 0 Å². The van der Waals surface area contributed by atoms with Gasteiger partial charge in [-0.15, -0.1) is 0 Å². The van der Waals surface area contributed by atoms with Gasteiger partial charge in [0.25, 0.3) is 0 Å². The Kier molecular flexibility index (Phi) is 23.0. The zero-order valence-corrected chi connectivity index (χ0v) is 18.0. The number of hydrogen-bond donors (Lipinski definition) is 0. The summed E-state index contributed by atoms with van der Waals surface area (Å²) in [5, 5.41) is 0. The first-order chi connectivity index (χ1) is 13.0. The Hall–Kier alpha value is -1.58. The summed E-state index contributed by atoms with van der Waals surface area (Å²) in [4.78, 5) is 21.0. The maximum atomic E-state index is 11.1. The van der Waals surface area contributed by atoms with E-state index in [1.54, 1.807) is 6.92 Å². The Bertz CT molecular complexity index is 388. The smallest absolute Gasteiger partial charge is 0.333 e. The van der Waals surface area contributed by atoms with Crippen molar-refractivity contribution in [3.05, 3.63) is 24.8 Å². The molecule has 0 amide bonds. The molecular formula is C23H42O4. The van der Waals surface area contributed by atoms with Gasteiger partial charge in [0.05, 0.1) is 13.7 Å². The van der Waals surface area contributed by atoms with Crippen molar-refractivity contribution in [1.29, 1.82) is 0 Å². The van der Waals surface area contributed by atoms with Crippen molar-refractivity contribution in [2.75, 3.05) is 13.7 Å². The number of ether oxygens (including phenoxy) is 2. The van der Waals surface area contributed by atoms with Crippen LogP contribution in [0.4, 0.5) is 0 Å². The molecule has 0 rings (SSSR count). The van der Waals surface area contributed by atoms with Crippen molar-refractivity contribution >= 4 is 11.9 Å². The van der Waals surface area contributed by atoms with Crippen LogP contribution in [0.2, 0.25) is 0 Å². The van der Waals surface area contributed by atoms with Gasteiger partial charge >= 0.3 is 11.9 Å². The molecule has 0 atom stereocenters. The first-order valence-electron chi connectivity index (χ1n) is 10.5. The third-order valence-corrected chi connectivity index (χ3v) is 4.20. The Balaban J connectivity index is 0. The van der Waals surface area contributed by atoms with Crippen molar-refractivity contribution in [1.82, 2.24) is 0 Å². The fourth-order valence-corrected chi connectivity index (χ4v) is 2.49. The van der Waals surface area contributed by atoms with E-state index in [0.29, 0.717) is 12.2 Å². The Labute approximate surface area is 167 Å². The highest BCUT2D eigenvalue weighted by Gasteiger charge is 2.01. The molecule has 0 aliphatic rings. The van der Waals surface area contributed by atoms with E-state index in [1.165, 1.54) is 84.2 Å². The SMILES string of the molecule is C=C(C)C(=O)OCCCCCCCCCCCCCCC.C=CC(=O)OC. The molecular weight excluding hydrogens is 340 g/mol. The predicted octanol–water partition coefficient (Wildman–Crippen LogP) is 6.54. The molecule has 0 aliphatic heterocycles. The van der Waals surface area contributed by atoms with Gasteiger partial charge in [0.2, 0.25) is 0 Å². The van der Waals surface area contributed by atoms with E-state index in [-0.39, 0.29) is 5.97 Å². The lowest BCUT2D eigenvalue weighted by molar-refractivity contribution is -0.139. The number of carbonyl (C=O) groups is 2. The van der Waals surface area contributed by atoms with Crippen LogP contribution in [0.5, 0.6) is 0 Å². The average Bonchev–Trinajstić information content (AvgIpc) is 2.67. The standard InChI is InChI=1S/C19H36O2.C4H6O2/c1-4-5-6-7-8-9-10-11-12-13-14-15-16-17-21-19(20)18(2)3;1-3-4(5)6-2/h2,4-17H2,1,3H3;3H,1H2,2H3. The third-order valence-electron chi connectivity index (χ3n) is 4.20. The molecule has 0 N–H and O–H groups in total. The van der Waals surface area contributed by atoms with E-state index >= 15 is 0 Å². The molecule has 0 radical (unpaired) electrons. The lowest BCUT2D eigenvalue weighted by Crippen LogP contribution is -2.05. The lowest BCUT2D eigenvalue weighted by Gasteiger charge is -2.04. The van der Waals surface area contributed by atoms with Crippen molar-refractivity contribution in [3.8, 4) is 0 Å². The zero-order chi connectivity index (χ0) is 20.8. The molecule has 0 fully saturated rings. The zero-order valence-electron chi connectivity index (χ0n) is 18.0. The van der Waals surface area contributed by atoms with Crippen molar-refractivity contribution < 1.29 is 19.1 Å². The van der Waals surface area contributed by atoms with E-state index in [9.17, 15) is 9.59 Å². The maximum Gasteiger partial charge on any atom is 0.333 e. The number of methoxy groups -OCH3 is 1. The van der Waals surface area contributed by atoms with Gasteiger partial charge in [-0.2, -0.15) is 0 Å². The van der Waals surface area contributed by atoms with Gasteiger partial charge in [-0.25, -0.2) is 9.59 Å². The van der Waals surface area contributed by atoms with Crippen LogP contribution < -0.4 is 0 Å². The lowest BCUT2D eigenvalue weighted by atomic mass is 10.0. The summed E-state index contributed by atoms with van der Waals surface area (Å²) in [7, 11) is 1.31. The number of esters is 2. The molecule has 0 spiro atoms. The van der Waals surface area contributed by atoms with Crippen molar-refractivity contribution in [2.24, 2.45) is 0 Å². The number of hydrogen-bond acceptors (Lipinski definition) is 4. The van der Waals surface area contributed by atoms with Gasteiger partial charge in [-0.05, 0) is 13.3 Å². The Morgan fingerprint density at radius 1 is 0.815 bits per heavy atom. The summed E-state index contributed by atoms with van der Waals surface area (Å²) in [6.07, 6.45) is 18.4. The second kappa shape index (κ2) is 22.5. The molecule has 0 saturated carbocycles. The van der Waals surface area contributed by atoms with Gasteiger partial charge in [-0.1, -0.05) is 97.1 Å². The molecule has 0 saturated heterocycles. The van der Waals surface area contributed by atoms with Crippen LogP contribution >= 0.6 is 0 Å². The fraction of sp³-hybridized carbons (Fsp3) is 0.739. The highest BCUT2D eigenvalue weighted by molar-refractivity contribution is 5.86. The van der Waals surface area contributed by atoms with E-state index in [4.69, 9.17) is 4.74 Å². The van der Waals surface area contributed by atoms with Crippen LogP contribution in [0.15, 0.2) is 24.8 Å². The number of carbonyl (C=O) groups excluding carboxylic acids is 2. The normalized spacial score (nSPS) is 9.74. The quantitative estimate of drug-likeness (QED) is 0.173. The third kappa shape index (κ3) is 24.4. The first-order valence-corrected chi connectivity index (χ1v) is 10.5. The molecule has 0 bridgehead atoms. The minimum atomic E-state index is -0.394. The van der Waals surface area contributed by atoms with Gasteiger partial charge in [-0.3, -0.25) is 0 Å². The summed E-state index contributed by atoms with van der Waals surface area (Å²) < 4.78 is 9.21. The molecule has 4 heteroatoms. The van der Waals surface area contributed by atoms with Gasteiger partial charge < -0.3 is 9.47 Å². The van der Waals surface area contributed by atoms with Crippen LogP contribution in [0.25, 0.3) is 0 Å². The van der Waals surface area contributed by atoms with E-state index in [1.807, 2.05) is 0 Å². The van der Waals surface area contributed by atoms with Crippen LogP contribution in [0.1, 0.15) is 97.3 Å². The fourth-order valence-electron chi connectivity index (χ4n) is 2.49. The minimum absolute atomic E-state index is 0.256. The number of rotatable bonds is 16. The molecule has 0 heterocycles. The maximum absolute atomic E-state index is 11.1. The van der Waals surface area contributed by atoms with E-state index < -0.39 is 5.97 Å². The highest BCUT2D eigenvalue weighted by Crippen LogP contribution is 2.12. The van der Waals surface area contributed by atoms with E-state index in [2.05, 4.69) is 24.8 Å². The second-order valence-corrected chi connectivity index (χ2v) is 6.89. The largest absolute Gasteiger partial charge is 0.466 e.